The van der Waals surface area contributed by atoms with Crippen LogP contribution in [0.2, 0.25) is 0 Å². The molecule has 1 fully saturated rings. The maximum Gasteiger partial charge on any atom is 0.251 e. The third-order valence-electron chi connectivity index (χ3n) is 6.23. The summed E-state index contributed by atoms with van der Waals surface area (Å²) < 4.78 is 5.94. The Balaban J connectivity index is 1.59. The smallest absolute Gasteiger partial charge is 0.251 e. The van der Waals surface area contributed by atoms with Crippen LogP contribution in [0, 0.1) is 5.41 Å². The first-order chi connectivity index (χ1) is 17.4. The van der Waals surface area contributed by atoms with Crippen molar-refractivity contribution in [3.8, 4) is 11.3 Å². The van der Waals surface area contributed by atoms with Gasteiger partial charge in [-0.05, 0) is 24.1 Å². The van der Waals surface area contributed by atoms with Crippen molar-refractivity contribution in [3.05, 3.63) is 65.7 Å². The zero-order valence-corrected chi connectivity index (χ0v) is 20.5. The molecule has 2 unspecified atom stereocenters. The molecule has 4 rings (SSSR count). The molecule has 0 bridgehead atoms. The van der Waals surface area contributed by atoms with E-state index in [1.807, 2.05) is 42.5 Å². The Morgan fingerprint density at radius 3 is 2.64 bits per heavy atom. The van der Waals surface area contributed by atoms with Gasteiger partial charge in [0.15, 0.2) is 6.10 Å². The summed E-state index contributed by atoms with van der Waals surface area (Å²) in [6.45, 7) is 3.30. The highest BCUT2D eigenvalue weighted by Gasteiger charge is 2.33. The lowest BCUT2D eigenvalue weighted by atomic mass is 10.1. The van der Waals surface area contributed by atoms with Crippen molar-refractivity contribution in [2.45, 2.75) is 32.0 Å². The van der Waals surface area contributed by atoms with Crippen LogP contribution in [0.15, 0.2) is 54.6 Å². The fraction of sp³-hybridized carbons (Fsp3) is 0.308. The van der Waals surface area contributed by atoms with E-state index in [1.165, 1.54) is 0 Å². The van der Waals surface area contributed by atoms with Crippen LogP contribution in [0.25, 0.3) is 11.3 Å². The third-order valence-corrected chi connectivity index (χ3v) is 6.23. The van der Waals surface area contributed by atoms with Crippen LogP contribution in [0.1, 0.15) is 24.5 Å². The van der Waals surface area contributed by atoms with E-state index >= 15 is 0 Å². The maximum absolute atomic E-state index is 12.9. The molecule has 2 heterocycles. The number of anilines is 3. The third kappa shape index (κ3) is 5.55. The molecule has 10 heteroatoms. The van der Waals surface area contributed by atoms with Gasteiger partial charge in [0.2, 0.25) is 5.95 Å². The number of amidine groups is 1. The second-order valence-electron chi connectivity index (χ2n) is 8.64. The van der Waals surface area contributed by atoms with Crippen molar-refractivity contribution < 1.29 is 9.53 Å². The second kappa shape index (κ2) is 11.0. The van der Waals surface area contributed by atoms with Crippen LogP contribution < -0.4 is 27.0 Å². The average molecular weight is 489 g/mol. The van der Waals surface area contributed by atoms with Crippen molar-refractivity contribution in [2.24, 2.45) is 5.73 Å². The Kier molecular flexibility index (Phi) is 7.65. The molecule has 3 aromatic rings. The monoisotopic (exact) mass is 488 g/mol. The Morgan fingerprint density at radius 1 is 1.19 bits per heavy atom. The average Bonchev–Trinajstić information content (AvgIpc) is 2.91. The molecular weight excluding hydrogens is 456 g/mol. The van der Waals surface area contributed by atoms with E-state index in [9.17, 15) is 4.79 Å². The van der Waals surface area contributed by atoms with Crippen molar-refractivity contribution in [1.29, 1.82) is 5.41 Å². The molecule has 10 nitrogen and oxygen atoms in total. The summed E-state index contributed by atoms with van der Waals surface area (Å²) in [4.78, 5) is 24.3. The van der Waals surface area contributed by atoms with Gasteiger partial charge in [0.25, 0.3) is 5.91 Å². The second-order valence-corrected chi connectivity index (χ2v) is 8.64. The molecule has 188 valence electrons. The lowest BCUT2D eigenvalue weighted by molar-refractivity contribution is -0.134. The van der Waals surface area contributed by atoms with E-state index in [2.05, 4.69) is 32.4 Å². The van der Waals surface area contributed by atoms with Gasteiger partial charge in [-0.25, -0.2) is 4.98 Å². The molecule has 0 saturated carbocycles. The minimum Gasteiger partial charge on any atom is -0.398 e. The van der Waals surface area contributed by atoms with Gasteiger partial charge in [-0.1, -0.05) is 43.3 Å². The molecule has 1 amide bonds. The van der Waals surface area contributed by atoms with Crippen LogP contribution in [0.5, 0.6) is 0 Å². The van der Waals surface area contributed by atoms with Gasteiger partial charge in [0.05, 0.1) is 24.9 Å². The van der Waals surface area contributed by atoms with Crippen molar-refractivity contribution >= 4 is 29.2 Å². The number of amides is 1. The summed E-state index contributed by atoms with van der Waals surface area (Å²) in [6.07, 6.45) is 0.200. The molecule has 7 N–H and O–H groups in total. The summed E-state index contributed by atoms with van der Waals surface area (Å²) in [7, 11) is 1.76. The number of carbonyl (C=O) groups is 1. The first kappa shape index (κ1) is 24.9. The van der Waals surface area contributed by atoms with E-state index in [0.29, 0.717) is 48.4 Å². The normalized spacial score (nSPS) is 17.4. The van der Waals surface area contributed by atoms with Gasteiger partial charge >= 0.3 is 0 Å². The van der Waals surface area contributed by atoms with Crippen molar-refractivity contribution in [2.75, 3.05) is 36.1 Å². The number of nitrogens with zero attached hydrogens (tertiary/aromatic N) is 3. The molecule has 36 heavy (non-hydrogen) atoms. The molecule has 0 aliphatic carbocycles. The largest absolute Gasteiger partial charge is 0.398 e. The van der Waals surface area contributed by atoms with Crippen molar-refractivity contribution in [3.63, 3.8) is 0 Å². The molecule has 2 aromatic carbocycles. The highest BCUT2D eigenvalue weighted by molar-refractivity contribution is 6.00. The summed E-state index contributed by atoms with van der Waals surface area (Å²) in [5, 5.41) is 13.7. The van der Waals surface area contributed by atoms with Crippen LogP contribution >= 0.6 is 0 Å². The summed E-state index contributed by atoms with van der Waals surface area (Å²) in [6, 6.07) is 17.0. The summed E-state index contributed by atoms with van der Waals surface area (Å²) in [5.41, 5.74) is 15.1. The number of nitrogens with one attached hydrogen (secondary N) is 3. The molecule has 0 radical (unpaired) electrons. The predicted octanol–water partition coefficient (Wildman–Crippen LogP) is 2.35. The number of hydrogen-bond acceptors (Lipinski definition) is 8. The summed E-state index contributed by atoms with van der Waals surface area (Å²) in [5.74, 6) is 0.890. The van der Waals surface area contributed by atoms with Gasteiger partial charge in [-0.2, -0.15) is 4.98 Å². The highest BCUT2D eigenvalue weighted by atomic mass is 16.5. The zero-order chi connectivity index (χ0) is 25.7. The predicted molar refractivity (Wildman–Crippen MR) is 142 cm³/mol. The van der Waals surface area contributed by atoms with Gasteiger partial charge in [-0.15, -0.1) is 0 Å². The zero-order valence-electron chi connectivity index (χ0n) is 20.5. The lowest BCUT2D eigenvalue weighted by Gasteiger charge is -2.39. The minimum atomic E-state index is -0.626. The molecule has 1 aromatic heterocycles. The molecule has 1 aliphatic heterocycles. The van der Waals surface area contributed by atoms with Gasteiger partial charge < -0.3 is 31.7 Å². The van der Waals surface area contributed by atoms with E-state index in [1.54, 1.807) is 19.2 Å². The number of hydrogen-bond donors (Lipinski definition) is 5. The standard InChI is InChI=1S/C26H32N8O2/c1-3-18-15-36-22(25(35)31-13-16-7-5-4-6-8-16)14-34(18)23-12-21(32-26(30-2)33-23)17-9-10-19(24(28)29)20(27)11-17/h4-12,18,22H,3,13-15,27H2,1-2H3,(H3,28,29)(H,31,35)(H,30,32,33). The minimum absolute atomic E-state index is 0.0563. The number of ether oxygens (including phenoxy) is 1. The topological polar surface area (TPSA) is 155 Å². The first-order valence-corrected chi connectivity index (χ1v) is 11.9. The first-order valence-electron chi connectivity index (χ1n) is 11.9. The van der Waals surface area contributed by atoms with Gasteiger partial charge in [0, 0.05) is 36.5 Å². The highest BCUT2D eigenvalue weighted by Crippen LogP contribution is 2.29. The quantitative estimate of drug-likeness (QED) is 0.184. The van der Waals surface area contributed by atoms with E-state index in [0.717, 1.165) is 17.5 Å². The van der Waals surface area contributed by atoms with E-state index in [-0.39, 0.29) is 17.8 Å². The van der Waals surface area contributed by atoms with E-state index in [4.69, 9.17) is 21.6 Å². The molecule has 0 spiro atoms. The van der Waals surface area contributed by atoms with Crippen LogP contribution in [0.3, 0.4) is 0 Å². The molecule has 1 aliphatic rings. The Labute approximate surface area is 210 Å². The van der Waals surface area contributed by atoms with Crippen LogP contribution in [0.4, 0.5) is 17.5 Å². The number of benzene rings is 2. The van der Waals surface area contributed by atoms with E-state index < -0.39 is 6.10 Å². The SMILES string of the molecule is CCC1COC(C(=O)NCc2ccccc2)CN1c1cc(-c2ccc(C(=N)N)c(N)c2)nc(NC)n1. The number of carbonyl (C=O) groups excluding carboxylic acids is 1. The number of aromatic nitrogens is 2. The molecule has 1 saturated heterocycles. The number of nitrogen functional groups attached to an aromatic ring is 2. The lowest BCUT2D eigenvalue weighted by Crippen LogP contribution is -2.54. The Bertz CT molecular complexity index is 1230. The maximum atomic E-state index is 12.9. The van der Waals surface area contributed by atoms with Crippen molar-refractivity contribution in [1.82, 2.24) is 15.3 Å². The summed E-state index contributed by atoms with van der Waals surface area (Å²) >= 11 is 0. The Morgan fingerprint density at radius 2 is 1.97 bits per heavy atom. The fourth-order valence-corrected chi connectivity index (χ4v) is 4.18. The number of morpholine rings is 1. The van der Waals surface area contributed by atoms with Gasteiger partial charge in [-0.3, -0.25) is 10.2 Å². The molecular formula is C26H32N8O2. The fourth-order valence-electron chi connectivity index (χ4n) is 4.18. The van der Waals surface area contributed by atoms with Gasteiger partial charge in [0.1, 0.15) is 11.7 Å². The molecule has 2 atom stereocenters. The Hall–Kier alpha value is -4.18. The van der Waals surface area contributed by atoms with Crippen LogP contribution in [-0.2, 0) is 16.1 Å². The van der Waals surface area contributed by atoms with Crippen LogP contribution in [-0.4, -0.2) is 54.1 Å². The number of rotatable bonds is 8. The number of nitrogens with two attached hydrogens (primary N) is 2.